The standard InChI is InChI=1S/C11H9BrCl2N6/c1-19-11(16-17-18-19)6-5-15-20(10(6)12)9-7(13)3-2-4-8(9)14/h2-5,17-18H,1H3. The Bertz CT molecular complexity index is 678. The van der Waals surface area contributed by atoms with E-state index in [-0.39, 0.29) is 0 Å². The van der Waals surface area contributed by atoms with Crippen LogP contribution in [0.3, 0.4) is 0 Å². The van der Waals surface area contributed by atoms with Crippen LogP contribution in [0.1, 0.15) is 5.56 Å². The van der Waals surface area contributed by atoms with Crippen molar-refractivity contribution in [2.45, 2.75) is 0 Å². The second-order valence-corrected chi connectivity index (χ2v) is 5.61. The SMILES string of the molecule is CN1NNN=C1c1cnn(-c2c(Cl)cccc2Cl)c1Br. The second-order valence-electron chi connectivity index (χ2n) is 4.05. The number of aromatic nitrogens is 2. The molecule has 0 amide bonds. The van der Waals surface area contributed by atoms with E-state index in [1.807, 2.05) is 7.05 Å². The molecular weight excluding hydrogens is 367 g/mol. The molecule has 0 bridgehead atoms. The number of hydrogen-bond donors (Lipinski definition) is 2. The maximum atomic E-state index is 6.20. The summed E-state index contributed by atoms with van der Waals surface area (Å²) < 4.78 is 2.35. The van der Waals surface area contributed by atoms with Crippen LogP contribution in [0.4, 0.5) is 0 Å². The van der Waals surface area contributed by atoms with Gasteiger partial charge in [0.25, 0.3) is 0 Å². The first kappa shape index (κ1) is 13.7. The Hall–Kier alpha value is -1.28. The van der Waals surface area contributed by atoms with Crippen molar-refractivity contribution in [3.8, 4) is 5.69 Å². The van der Waals surface area contributed by atoms with E-state index < -0.39 is 0 Å². The highest BCUT2D eigenvalue weighted by Gasteiger charge is 2.22. The van der Waals surface area contributed by atoms with Gasteiger partial charge in [-0.2, -0.15) is 5.10 Å². The van der Waals surface area contributed by atoms with Crippen molar-refractivity contribution in [3.63, 3.8) is 0 Å². The molecule has 3 rings (SSSR count). The Balaban J connectivity index is 2.12. The summed E-state index contributed by atoms with van der Waals surface area (Å²) in [5, 5.41) is 11.2. The molecule has 0 saturated heterocycles. The number of nitrogens with one attached hydrogen (secondary N) is 2. The van der Waals surface area contributed by atoms with Crippen molar-refractivity contribution in [3.05, 3.63) is 44.6 Å². The molecule has 6 nitrogen and oxygen atoms in total. The fourth-order valence-electron chi connectivity index (χ4n) is 1.85. The molecule has 0 radical (unpaired) electrons. The molecule has 0 spiro atoms. The van der Waals surface area contributed by atoms with Gasteiger partial charge in [-0.1, -0.05) is 29.3 Å². The van der Waals surface area contributed by atoms with Gasteiger partial charge in [0.2, 0.25) is 0 Å². The van der Waals surface area contributed by atoms with Gasteiger partial charge >= 0.3 is 0 Å². The second kappa shape index (κ2) is 5.25. The van der Waals surface area contributed by atoms with Crippen LogP contribution in [0.2, 0.25) is 10.0 Å². The van der Waals surface area contributed by atoms with E-state index in [9.17, 15) is 0 Å². The summed E-state index contributed by atoms with van der Waals surface area (Å²) in [6.45, 7) is 0. The number of nitrogens with zero attached hydrogens (tertiary/aromatic N) is 4. The van der Waals surface area contributed by atoms with E-state index in [1.54, 1.807) is 34.1 Å². The van der Waals surface area contributed by atoms with Crippen LogP contribution in [0.15, 0.2) is 34.1 Å². The van der Waals surface area contributed by atoms with Gasteiger partial charge in [-0.05, 0) is 28.1 Å². The molecule has 20 heavy (non-hydrogen) atoms. The van der Waals surface area contributed by atoms with E-state index in [1.165, 1.54) is 0 Å². The Morgan fingerprint density at radius 1 is 1.25 bits per heavy atom. The van der Waals surface area contributed by atoms with Crippen LogP contribution >= 0.6 is 39.1 Å². The number of rotatable bonds is 2. The minimum Gasteiger partial charge on any atom is -0.274 e. The van der Waals surface area contributed by atoms with Crippen molar-refractivity contribution in [2.75, 3.05) is 7.05 Å². The van der Waals surface area contributed by atoms with E-state index >= 15 is 0 Å². The van der Waals surface area contributed by atoms with Crippen LogP contribution in [-0.4, -0.2) is 27.7 Å². The molecule has 0 fully saturated rings. The molecule has 104 valence electrons. The molecule has 1 aromatic carbocycles. The van der Waals surface area contributed by atoms with Gasteiger partial charge in [0.15, 0.2) is 5.84 Å². The van der Waals surface area contributed by atoms with Crippen molar-refractivity contribution in [1.29, 1.82) is 0 Å². The third kappa shape index (κ3) is 2.16. The molecular formula is C11H9BrCl2N6. The first-order valence-corrected chi connectivity index (χ1v) is 7.15. The van der Waals surface area contributed by atoms with Gasteiger partial charge < -0.3 is 0 Å². The van der Waals surface area contributed by atoms with E-state index in [4.69, 9.17) is 23.2 Å². The predicted octanol–water partition coefficient (Wildman–Crippen LogP) is 2.56. The quantitative estimate of drug-likeness (QED) is 0.846. The molecule has 9 heteroatoms. The molecule has 0 saturated carbocycles. The average molecular weight is 376 g/mol. The maximum absolute atomic E-state index is 6.20. The zero-order valence-electron chi connectivity index (χ0n) is 10.2. The van der Waals surface area contributed by atoms with Gasteiger partial charge in [-0.25, -0.2) is 10.2 Å². The largest absolute Gasteiger partial charge is 0.274 e. The predicted molar refractivity (Wildman–Crippen MR) is 81.9 cm³/mol. The van der Waals surface area contributed by atoms with E-state index in [2.05, 4.69) is 37.2 Å². The molecule has 0 unspecified atom stereocenters. The molecule has 1 aliphatic rings. The summed E-state index contributed by atoms with van der Waals surface area (Å²) in [4.78, 5) is 0. The van der Waals surface area contributed by atoms with Crippen LogP contribution < -0.4 is 11.1 Å². The lowest BCUT2D eigenvalue weighted by Crippen LogP contribution is -2.37. The average Bonchev–Trinajstić information content (AvgIpc) is 2.97. The normalized spacial score (nSPS) is 14.4. The third-order valence-corrected chi connectivity index (χ3v) is 4.17. The van der Waals surface area contributed by atoms with Crippen LogP contribution in [-0.2, 0) is 0 Å². The highest BCUT2D eigenvalue weighted by Crippen LogP contribution is 2.32. The van der Waals surface area contributed by atoms with Gasteiger partial charge in [0, 0.05) is 7.05 Å². The number of benzene rings is 1. The van der Waals surface area contributed by atoms with Crippen LogP contribution in [0, 0.1) is 0 Å². The minimum absolute atomic E-state index is 0.519. The summed E-state index contributed by atoms with van der Waals surface area (Å²) in [6.07, 6.45) is 1.69. The van der Waals surface area contributed by atoms with Crippen molar-refractivity contribution < 1.29 is 0 Å². The maximum Gasteiger partial charge on any atom is 0.177 e. The fourth-order valence-corrected chi connectivity index (χ4v) is 2.96. The number of halogens is 3. The lowest BCUT2D eigenvalue weighted by atomic mass is 10.3. The molecule has 2 aromatic rings. The van der Waals surface area contributed by atoms with Crippen molar-refractivity contribution >= 4 is 45.0 Å². The molecule has 2 N–H and O–H groups in total. The Morgan fingerprint density at radius 2 is 1.95 bits per heavy atom. The summed E-state index contributed by atoms with van der Waals surface area (Å²) in [5.41, 5.74) is 6.94. The van der Waals surface area contributed by atoms with Crippen LogP contribution in [0.5, 0.6) is 0 Å². The van der Waals surface area contributed by atoms with Crippen molar-refractivity contribution in [1.82, 2.24) is 25.9 Å². The zero-order valence-corrected chi connectivity index (χ0v) is 13.3. The summed E-state index contributed by atoms with van der Waals surface area (Å²) in [6, 6.07) is 5.31. The first-order valence-electron chi connectivity index (χ1n) is 5.60. The monoisotopic (exact) mass is 374 g/mol. The molecule has 1 aliphatic heterocycles. The van der Waals surface area contributed by atoms with E-state index in [0.717, 1.165) is 5.56 Å². The summed E-state index contributed by atoms with van der Waals surface area (Å²) >= 11 is 15.9. The fraction of sp³-hybridized carbons (Fsp3) is 0.0909. The smallest absolute Gasteiger partial charge is 0.177 e. The Labute approximate surface area is 133 Å². The zero-order chi connectivity index (χ0) is 14.3. The minimum atomic E-state index is 0.519. The topological polar surface area (TPSA) is 57.5 Å². The summed E-state index contributed by atoms with van der Waals surface area (Å²) in [5.74, 6) is 0.700. The number of para-hydroxylation sites is 1. The van der Waals surface area contributed by atoms with Crippen molar-refractivity contribution in [2.24, 2.45) is 5.10 Å². The Kier molecular flexibility index (Phi) is 3.59. The number of hydrazone groups is 1. The molecule has 0 aliphatic carbocycles. The highest BCUT2D eigenvalue weighted by atomic mass is 79.9. The number of hydrogen-bond acceptors (Lipinski definition) is 5. The Morgan fingerprint density at radius 3 is 2.55 bits per heavy atom. The van der Waals surface area contributed by atoms with Crippen LogP contribution in [0.25, 0.3) is 5.69 Å². The number of hydrazine groups is 2. The van der Waals surface area contributed by atoms with Gasteiger partial charge in [-0.15, -0.1) is 10.6 Å². The summed E-state index contributed by atoms with van der Waals surface area (Å²) in [7, 11) is 1.84. The highest BCUT2D eigenvalue weighted by molar-refractivity contribution is 9.10. The lowest BCUT2D eigenvalue weighted by molar-refractivity contribution is 0.349. The number of amidine groups is 1. The van der Waals surface area contributed by atoms with Gasteiger partial charge in [-0.3, -0.25) is 5.01 Å². The first-order chi connectivity index (χ1) is 9.59. The van der Waals surface area contributed by atoms with E-state index in [0.29, 0.717) is 26.2 Å². The molecule has 1 aromatic heterocycles. The molecule has 0 atom stereocenters. The lowest BCUT2D eigenvalue weighted by Gasteiger charge is -2.12. The third-order valence-electron chi connectivity index (χ3n) is 2.80. The molecule has 2 heterocycles. The van der Waals surface area contributed by atoms with Gasteiger partial charge in [0.1, 0.15) is 10.3 Å². The van der Waals surface area contributed by atoms with Gasteiger partial charge in [0.05, 0.1) is 21.8 Å².